The Bertz CT molecular complexity index is 1670. The van der Waals surface area contributed by atoms with E-state index in [-0.39, 0.29) is 25.9 Å². The summed E-state index contributed by atoms with van der Waals surface area (Å²) in [6.07, 6.45) is 53.8. The zero-order valence-electron chi connectivity index (χ0n) is 46.8. The maximum Gasteiger partial charge on any atom is 0.335 e. The van der Waals surface area contributed by atoms with Crippen LogP contribution in [0.5, 0.6) is 0 Å². The van der Waals surface area contributed by atoms with E-state index in [1.54, 1.807) is 0 Å². The van der Waals surface area contributed by atoms with Crippen LogP contribution in [0.2, 0.25) is 0 Å². The van der Waals surface area contributed by atoms with Crippen molar-refractivity contribution >= 4 is 23.9 Å². The number of aliphatic hydroxyl groups excluding tert-OH is 2. The number of hydrogen-bond acceptors (Lipinski definition) is 11. The molecule has 0 aromatic carbocycles. The normalized spacial score (nSPS) is 18.9. The van der Waals surface area contributed by atoms with Gasteiger partial charge in [0, 0.05) is 19.3 Å². The van der Waals surface area contributed by atoms with Crippen LogP contribution < -0.4 is 0 Å². The summed E-state index contributed by atoms with van der Waals surface area (Å²) in [4.78, 5) is 51.1. The monoisotopic (exact) mass is 1050 g/mol. The molecule has 1 aliphatic rings. The maximum absolute atomic E-state index is 13.1. The van der Waals surface area contributed by atoms with Crippen molar-refractivity contribution in [1.29, 1.82) is 0 Å². The van der Waals surface area contributed by atoms with Crippen molar-refractivity contribution in [2.75, 3.05) is 13.2 Å². The van der Waals surface area contributed by atoms with Gasteiger partial charge in [0.15, 0.2) is 24.6 Å². The molecule has 0 aromatic rings. The lowest BCUT2D eigenvalue weighted by Gasteiger charge is -2.40. The summed E-state index contributed by atoms with van der Waals surface area (Å²) in [6, 6.07) is 0. The minimum absolute atomic E-state index is 0.0515. The predicted molar refractivity (Wildman–Crippen MR) is 303 cm³/mol. The fourth-order valence-electron chi connectivity index (χ4n) is 8.24. The smallest absolute Gasteiger partial charge is 0.335 e. The van der Waals surface area contributed by atoms with E-state index in [0.717, 1.165) is 109 Å². The molecule has 0 bridgehead atoms. The zero-order chi connectivity index (χ0) is 54.7. The molecule has 1 aliphatic heterocycles. The molecule has 0 aliphatic carbocycles. The van der Waals surface area contributed by atoms with Crippen molar-refractivity contribution in [2.24, 2.45) is 0 Å². The summed E-state index contributed by atoms with van der Waals surface area (Å²) in [7, 11) is 0. The highest BCUT2D eigenvalue weighted by molar-refractivity contribution is 5.74. The fraction of sp³-hybridized carbons (Fsp3) is 0.683. The first kappa shape index (κ1) is 68.7. The van der Waals surface area contributed by atoms with E-state index in [0.29, 0.717) is 25.7 Å². The molecule has 1 heterocycles. The van der Waals surface area contributed by atoms with E-state index in [1.807, 2.05) is 6.08 Å². The van der Waals surface area contributed by atoms with Gasteiger partial charge in [0.2, 0.25) is 0 Å². The Hall–Kier alpha value is -4.36. The van der Waals surface area contributed by atoms with Gasteiger partial charge in [0.25, 0.3) is 0 Å². The molecule has 426 valence electrons. The highest BCUT2D eigenvalue weighted by Gasteiger charge is 2.50. The van der Waals surface area contributed by atoms with Gasteiger partial charge in [-0.25, -0.2) is 4.79 Å². The van der Waals surface area contributed by atoms with Gasteiger partial charge in [-0.2, -0.15) is 0 Å². The molecule has 12 nitrogen and oxygen atoms in total. The van der Waals surface area contributed by atoms with Gasteiger partial charge in [-0.15, -0.1) is 0 Å². The van der Waals surface area contributed by atoms with E-state index < -0.39 is 67.3 Å². The maximum atomic E-state index is 13.1. The number of carboxylic acids is 1. The molecule has 0 aromatic heterocycles. The number of carboxylic acid groups (broad SMARTS) is 1. The minimum atomic E-state index is -1.91. The Morgan fingerprint density at radius 3 is 1.32 bits per heavy atom. The van der Waals surface area contributed by atoms with E-state index in [9.17, 15) is 34.5 Å². The summed E-state index contributed by atoms with van der Waals surface area (Å²) in [6.45, 7) is 5.69. The molecule has 75 heavy (non-hydrogen) atoms. The Kier molecular flexibility index (Phi) is 46.2. The third-order valence-electron chi connectivity index (χ3n) is 12.7. The van der Waals surface area contributed by atoms with E-state index in [4.69, 9.17) is 23.7 Å². The molecular weight excluding hydrogens is 949 g/mol. The van der Waals surface area contributed by atoms with Gasteiger partial charge in [0.05, 0.1) is 6.61 Å². The van der Waals surface area contributed by atoms with E-state index >= 15 is 0 Å². The van der Waals surface area contributed by atoms with Crippen LogP contribution in [0.4, 0.5) is 0 Å². The second-order valence-electron chi connectivity index (χ2n) is 19.5. The second-order valence-corrected chi connectivity index (χ2v) is 19.5. The molecule has 1 rings (SSSR count). The number of allylic oxidation sites excluding steroid dienone is 16. The first-order valence-corrected chi connectivity index (χ1v) is 29.2. The standard InChI is InChI=1S/C63H102O12/c1-4-7-10-13-16-19-22-25-27-28-30-32-34-37-40-43-46-49-55(64)71-52-54(73-56(65)50-47-44-41-38-36-33-29-26-23-20-17-14-11-8-5-2)53-72-63-61(59(68)58(67)60(75-63)62(69)70)74-57(66)51-48-45-42-39-35-31-24-21-18-15-12-9-6-3/h7-8,10-11,16-17,19-20,25-27,29-30,32,37,40,54,58-61,63,67-68H,4-6,9,12-15,18,21-24,28,31,33-36,38-39,41-53H2,1-3H3,(H,69,70)/b10-7-,11-8-,19-16-,20-17-,27-25-,29-26-,32-30-,40-37-. The Labute approximate surface area is 453 Å². The highest BCUT2D eigenvalue weighted by atomic mass is 16.7. The topological polar surface area (TPSA) is 175 Å². The van der Waals surface area contributed by atoms with Gasteiger partial charge in [-0.05, 0) is 89.9 Å². The number of esters is 3. The SMILES string of the molecule is CC/C=C\C/C=C\C/C=C\C/C=C\C/C=C\CCCC(=O)OCC(COC1OC(C(=O)O)C(O)C(O)C1OC(=O)CCCCCCCCCCCCCCC)OC(=O)CCCCCCC/C=C\C/C=C\C/C=C\CC. The zero-order valence-corrected chi connectivity index (χ0v) is 46.8. The van der Waals surface area contributed by atoms with Crippen molar-refractivity contribution in [3.8, 4) is 0 Å². The molecule has 6 unspecified atom stereocenters. The Morgan fingerprint density at radius 2 is 0.853 bits per heavy atom. The Balaban J connectivity index is 2.75. The number of aliphatic carboxylic acids is 1. The van der Waals surface area contributed by atoms with Crippen LogP contribution in [-0.4, -0.2) is 89.2 Å². The van der Waals surface area contributed by atoms with E-state index in [1.165, 1.54) is 51.4 Å². The lowest BCUT2D eigenvalue weighted by atomic mass is 9.98. The summed E-state index contributed by atoms with van der Waals surface area (Å²) < 4.78 is 28.3. The average Bonchev–Trinajstić information content (AvgIpc) is 3.39. The lowest BCUT2D eigenvalue weighted by molar-refractivity contribution is -0.301. The van der Waals surface area contributed by atoms with Crippen molar-refractivity contribution < 1.29 is 58.2 Å². The van der Waals surface area contributed by atoms with Crippen molar-refractivity contribution in [1.82, 2.24) is 0 Å². The molecule has 3 N–H and O–H groups in total. The molecule has 12 heteroatoms. The van der Waals surface area contributed by atoms with Gasteiger partial charge < -0.3 is 39.0 Å². The summed E-state index contributed by atoms with van der Waals surface area (Å²) >= 11 is 0. The quantitative estimate of drug-likeness (QED) is 0.0228. The molecule has 1 saturated heterocycles. The number of carbonyl (C=O) groups is 4. The first-order valence-electron chi connectivity index (χ1n) is 29.2. The van der Waals surface area contributed by atoms with Crippen LogP contribution in [0, 0.1) is 0 Å². The van der Waals surface area contributed by atoms with Gasteiger partial charge in [0.1, 0.15) is 18.8 Å². The Morgan fingerprint density at radius 1 is 0.453 bits per heavy atom. The van der Waals surface area contributed by atoms with Crippen molar-refractivity contribution in [2.45, 2.75) is 263 Å². The molecule has 6 atom stereocenters. The van der Waals surface area contributed by atoms with Crippen LogP contribution in [0.3, 0.4) is 0 Å². The predicted octanol–water partition coefficient (Wildman–Crippen LogP) is 14.9. The van der Waals surface area contributed by atoms with Crippen molar-refractivity contribution in [3.63, 3.8) is 0 Å². The largest absolute Gasteiger partial charge is 0.479 e. The molecule has 1 fully saturated rings. The third-order valence-corrected chi connectivity index (χ3v) is 12.7. The number of aliphatic hydroxyl groups is 2. The summed E-state index contributed by atoms with van der Waals surface area (Å²) in [5.74, 6) is -3.22. The van der Waals surface area contributed by atoms with Gasteiger partial charge in [-0.3, -0.25) is 14.4 Å². The van der Waals surface area contributed by atoms with Gasteiger partial charge in [-0.1, -0.05) is 214 Å². The third kappa shape index (κ3) is 40.6. The minimum Gasteiger partial charge on any atom is -0.479 e. The second kappa shape index (κ2) is 50.5. The number of hydrogen-bond donors (Lipinski definition) is 3. The first-order chi connectivity index (χ1) is 36.6. The number of unbranched alkanes of at least 4 members (excludes halogenated alkanes) is 18. The van der Waals surface area contributed by atoms with Crippen molar-refractivity contribution in [3.05, 3.63) is 97.2 Å². The molecule has 0 saturated carbocycles. The lowest BCUT2D eigenvalue weighted by Crippen LogP contribution is -2.61. The van der Waals surface area contributed by atoms with Crippen LogP contribution in [0.25, 0.3) is 0 Å². The number of carbonyl (C=O) groups excluding carboxylic acids is 3. The molecular formula is C63H102O12. The molecule has 0 radical (unpaired) electrons. The highest BCUT2D eigenvalue weighted by Crippen LogP contribution is 2.26. The molecule has 0 spiro atoms. The van der Waals surface area contributed by atoms with Crippen LogP contribution in [0.1, 0.15) is 226 Å². The van der Waals surface area contributed by atoms with Crippen LogP contribution >= 0.6 is 0 Å². The van der Waals surface area contributed by atoms with E-state index in [2.05, 4.69) is 112 Å². The summed E-state index contributed by atoms with van der Waals surface area (Å²) in [5, 5.41) is 31.5. The molecule has 0 amide bonds. The van der Waals surface area contributed by atoms with Gasteiger partial charge >= 0.3 is 23.9 Å². The number of ether oxygens (including phenoxy) is 5. The fourth-order valence-corrected chi connectivity index (χ4v) is 8.24. The van der Waals surface area contributed by atoms with Crippen LogP contribution in [-0.2, 0) is 42.9 Å². The average molecular weight is 1050 g/mol. The number of rotatable bonds is 48. The van der Waals surface area contributed by atoms with Crippen LogP contribution in [0.15, 0.2) is 97.2 Å². The summed E-state index contributed by atoms with van der Waals surface area (Å²) in [5.41, 5.74) is 0.